The van der Waals surface area contributed by atoms with Crippen LogP contribution in [0.2, 0.25) is 0 Å². The smallest absolute Gasteiger partial charge is 0.119 e. The summed E-state index contributed by atoms with van der Waals surface area (Å²) in [5, 5.41) is 0. The summed E-state index contributed by atoms with van der Waals surface area (Å²) < 4.78 is 5.63. The van der Waals surface area contributed by atoms with Crippen molar-refractivity contribution in [1.82, 2.24) is 0 Å². The molecule has 1 heteroatoms. The first-order valence-corrected chi connectivity index (χ1v) is 7.87. The van der Waals surface area contributed by atoms with Gasteiger partial charge in [-0.1, -0.05) is 48.6 Å². The Bertz CT molecular complexity index is 523. The van der Waals surface area contributed by atoms with E-state index in [2.05, 4.69) is 49.6 Å². The molecule has 0 aliphatic carbocycles. The number of benzene rings is 2. The Morgan fingerprint density at radius 1 is 0.773 bits per heavy atom. The van der Waals surface area contributed by atoms with Gasteiger partial charge < -0.3 is 4.74 Å². The number of rotatable bonds is 9. The van der Waals surface area contributed by atoms with Crippen molar-refractivity contribution in [2.45, 2.75) is 25.7 Å². The van der Waals surface area contributed by atoms with Crippen molar-refractivity contribution in [3.63, 3.8) is 0 Å². The molecule has 0 bridgehead atoms. The Balaban J connectivity index is 1.96. The first-order valence-electron chi connectivity index (χ1n) is 7.87. The SMILES string of the molecule is C=CCCCc1ccc(-c2ccc(OCCC=C)cc2)cc1. The van der Waals surface area contributed by atoms with E-state index in [1.54, 1.807) is 0 Å². The minimum Gasteiger partial charge on any atom is -0.493 e. The van der Waals surface area contributed by atoms with Crippen LogP contribution in [0.4, 0.5) is 0 Å². The van der Waals surface area contributed by atoms with Crippen LogP contribution in [0.3, 0.4) is 0 Å². The number of ether oxygens (including phenoxy) is 1. The molecule has 0 radical (unpaired) electrons. The normalized spacial score (nSPS) is 10.2. The fraction of sp³-hybridized carbons (Fsp3) is 0.238. The fourth-order valence-electron chi connectivity index (χ4n) is 2.32. The molecule has 0 spiro atoms. The highest BCUT2D eigenvalue weighted by atomic mass is 16.5. The molecule has 0 saturated heterocycles. The molecule has 0 amide bonds. The molecule has 0 unspecified atom stereocenters. The maximum atomic E-state index is 5.63. The number of allylic oxidation sites excluding steroid dienone is 1. The summed E-state index contributed by atoms with van der Waals surface area (Å²) >= 11 is 0. The van der Waals surface area contributed by atoms with Crippen molar-refractivity contribution in [3.05, 3.63) is 79.4 Å². The topological polar surface area (TPSA) is 9.23 Å². The highest BCUT2D eigenvalue weighted by molar-refractivity contribution is 5.64. The van der Waals surface area contributed by atoms with E-state index in [-0.39, 0.29) is 0 Å². The number of hydrogen-bond donors (Lipinski definition) is 0. The number of aryl methyl sites for hydroxylation is 1. The summed E-state index contributed by atoms with van der Waals surface area (Å²) in [6.07, 6.45) is 8.07. The highest BCUT2D eigenvalue weighted by Gasteiger charge is 2.00. The van der Waals surface area contributed by atoms with E-state index in [4.69, 9.17) is 4.74 Å². The van der Waals surface area contributed by atoms with E-state index in [9.17, 15) is 0 Å². The Hall–Kier alpha value is -2.28. The monoisotopic (exact) mass is 292 g/mol. The average Bonchev–Trinajstić information content (AvgIpc) is 2.57. The largest absolute Gasteiger partial charge is 0.493 e. The summed E-state index contributed by atoms with van der Waals surface area (Å²) in [6.45, 7) is 8.14. The van der Waals surface area contributed by atoms with Gasteiger partial charge in [0, 0.05) is 0 Å². The summed E-state index contributed by atoms with van der Waals surface area (Å²) in [4.78, 5) is 0. The van der Waals surface area contributed by atoms with Crippen molar-refractivity contribution in [2.75, 3.05) is 6.61 Å². The molecule has 2 rings (SSSR count). The average molecular weight is 292 g/mol. The predicted molar refractivity (Wildman–Crippen MR) is 95.3 cm³/mol. The fourth-order valence-corrected chi connectivity index (χ4v) is 2.32. The Labute approximate surface area is 134 Å². The molecule has 2 aromatic carbocycles. The lowest BCUT2D eigenvalue weighted by atomic mass is 10.0. The van der Waals surface area contributed by atoms with Crippen LogP contribution in [0, 0.1) is 0 Å². The molecule has 0 aliphatic heterocycles. The van der Waals surface area contributed by atoms with Crippen LogP contribution in [0.15, 0.2) is 73.8 Å². The molecule has 0 heterocycles. The second-order valence-electron chi connectivity index (χ2n) is 5.33. The molecule has 2 aromatic rings. The maximum Gasteiger partial charge on any atom is 0.119 e. The molecule has 0 aromatic heterocycles. The Kier molecular flexibility index (Phi) is 6.50. The molecule has 0 aliphatic rings. The molecular formula is C21H24O. The maximum absolute atomic E-state index is 5.63. The zero-order valence-electron chi connectivity index (χ0n) is 13.1. The van der Waals surface area contributed by atoms with Gasteiger partial charge in [0.2, 0.25) is 0 Å². The standard InChI is InChI=1S/C21H24O/c1-3-5-7-8-18-9-11-19(12-10-18)20-13-15-21(16-14-20)22-17-6-4-2/h3-4,9-16H,1-2,5-8,17H2. The van der Waals surface area contributed by atoms with Gasteiger partial charge >= 0.3 is 0 Å². The zero-order valence-corrected chi connectivity index (χ0v) is 13.1. The first kappa shape index (κ1) is 16.1. The van der Waals surface area contributed by atoms with Crippen LogP contribution in [0.1, 0.15) is 24.8 Å². The second kappa shape index (κ2) is 8.89. The van der Waals surface area contributed by atoms with Crippen molar-refractivity contribution < 1.29 is 4.74 Å². The van der Waals surface area contributed by atoms with E-state index in [0.717, 1.165) is 25.0 Å². The van der Waals surface area contributed by atoms with E-state index in [1.165, 1.54) is 23.1 Å². The van der Waals surface area contributed by atoms with Crippen LogP contribution < -0.4 is 4.74 Å². The van der Waals surface area contributed by atoms with Crippen molar-refractivity contribution in [3.8, 4) is 16.9 Å². The molecule has 0 saturated carbocycles. The van der Waals surface area contributed by atoms with Gasteiger partial charge in [-0.3, -0.25) is 0 Å². The van der Waals surface area contributed by atoms with Gasteiger partial charge in [0.15, 0.2) is 0 Å². The highest BCUT2D eigenvalue weighted by Crippen LogP contribution is 2.23. The lowest BCUT2D eigenvalue weighted by molar-refractivity contribution is 0.325. The van der Waals surface area contributed by atoms with Crippen molar-refractivity contribution >= 4 is 0 Å². The minimum absolute atomic E-state index is 0.683. The third-order valence-corrected chi connectivity index (χ3v) is 3.61. The molecule has 0 fully saturated rings. The van der Waals surface area contributed by atoms with Gasteiger partial charge in [0.1, 0.15) is 5.75 Å². The lowest BCUT2D eigenvalue weighted by Gasteiger charge is -2.07. The van der Waals surface area contributed by atoms with Crippen LogP contribution in [-0.4, -0.2) is 6.61 Å². The number of unbranched alkanes of at least 4 members (excludes halogenated alkanes) is 1. The first-order chi connectivity index (χ1) is 10.8. The predicted octanol–water partition coefficient (Wildman–Crippen LogP) is 5.82. The zero-order chi connectivity index (χ0) is 15.6. The van der Waals surface area contributed by atoms with Crippen LogP contribution in [-0.2, 0) is 6.42 Å². The molecule has 22 heavy (non-hydrogen) atoms. The van der Waals surface area contributed by atoms with Gasteiger partial charge in [0.05, 0.1) is 6.61 Å². The van der Waals surface area contributed by atoms with Crippen LogP contribution in [0.5, 0.6) is 5.75 Å². The summed E-state index contributed by atoms with van der Waals surface area (Å²) in [6, 6.07) is 17.1. The lowest BCUT2D eigenvalue weighted by Crippen LogP contribution is -1.94. The quantitative estimate of drug-likeness (QED) is 0.418. The molecule has 114 valence electrons. The van der Waals surface area contributed by atoms with Crippen LogP contribution in [0.25, 0.3) is 11.1 Å². The van der Waals surface area contributed by atoms with Gasteiger partial charge in [-0.15, -0.1) is 13.2 Å². The van der Waals surface area contributed by atoms with Gasteiger partial charge in [-0.2, -0.15) is 0 Å². The van der Waals surface area contributed by atoms with E-state index >= 15 is 0 Å². The third kappa shape index (κ3) is 4.92. The third-order valence-electron chi connectivity index (χ3n) is 3.61. The molecule has 0 atom stereocenters. The summed E-state index contributed by atoms with van der Waals surface area (Å²) in [5.74, 6) is 0.909. The molecule has 0 N–H and O–H groups in total. The summed E-state index contributed by atoms with van der Waals surface area (Å²) in [5.41, 5.74) is 3.84. The molecule has 1 nitrogen and oxygen atoms in total. The van der Waals surface area contributed by atoms with E-state index in [1.807, 2.05) is 24.3 Å². The number of hydrogen-bond acceptors (Lipinski definition) is 1. The van der Waals surface area contributed by atoms with E-state index in [0.29, 0.717) is 6.61 Å². The molecular weight excluding hydrogens is 268 g/mol. The van der Waals surface area contributed by atoms with Gasteiger partial charge in [-0.25, -0.2) is 0 Å². The van der Waals surface area contributed by atoms with Crippen LogP contribution >= 0.6 is 0 Å². The Morgan fingerprint density at radius 3 is 1.95 bits per heavy atom. The second-order valence-corrected chi connectivity index (χ2v) is 5.33. The van der Waals surface area contributed by atoms with Crippen molar-refractivity contribution in [1.29, 1.82) is 0 Å². The Morgan fingerprint density at radius 2 is 1.36 bits per heavy atom. The van der Waals surface area contributed by atoms with Gasteiger partial charge in [0.25, 0.3) is 0 Å². The van der Waals surface area contributed by atoms with E-state index < -0.39 is 0 Å². The van der Waals surface area contributed by atoms with Gasteiger partial charge in [-0.05, 0) is 54.5 Å². The van der Waals surface area contributed by atoms with Crippen molar-refractivity contribution in [2.24, 2.45) is 0 Å². The summed E-state index contributed by atoms with van der Waals surface area (Å²) in [7, 11) is 0. The minimum atomic E-state index is 0.683.